The predicted molar refractivity (Wildman–Crippen MR) is 79.5 cm³/mol. The van der Waals surface area contributed by atoms with E-state index in [-0.39, 0.29) is 5.48 Å². The van der Waals surface area contributed by atoms with Crippen LogP contribution in [0.4, 0.5) is 0 Å². The highest BCUT2D eigenvalue weighted by Gasteiger charge is 1.96. The van der Waals surface area contributed by atoms with Gasteiger partial charge in [0.2, 0.25) is 0 Å². The summed E-state index contributed by atoms with van der Waals surface area (Å²) in [7, 11) is 0. The second-order valence-corrected chi connectivity index (χ2v) is 4.24. The Kier molecular flexibility index (Phi) is 5.34. The summed E-state index contributed by atoms with van der Waals surface area (Å²) in [6.07, 6.45) is 5.49. The number of hydrogen-bond donors (Lipinski definition) is 0. The van der Waals surface area contributed by atoms with Gasteiger partial charge in [-0.3, -0.25) is 0 Å². The smallest absolute Gasteiger partial charge is 0.0224 e. The molecular weight excluding hydrogens is 220 g/mol. The summed E-state index contributed by atoms with van der Waals surface area (Å²) in [4.78, 5) is 0. The first-order valence-electron chi connectivity index (χ1n) is 6.13. The lowest BCUT2D eigenvalue weighted by Crippen LogP contribution is -1.85. The quantitative estimate of drug-likeness (QED) is 0.729. The summed E-state index contributed by atoms with van der Waals surface area (Å²) >= 11 is 0. The minimum Gasteiger partial charge on any atom is -0.412 e. The van der Waals surface area contributed by atoms with Crippen molar-refractivity contribution in [2.45, 2.75) is 20.3 Å². The van der Waals surface area contributed by atoms with E-state index in [4.69, 9.17) is 0 Å². The van der Waals surface area contributed by atoms with Crippen LogP contribution in [0.25, 0.3) is 12.2 Å². The van der Waals surface area contributed by atoms with Crippen molar-refractivity contribution in [3.8, 4) is 0 Å². The van der Waals surface area contributed by atoms with Crippen molar-refractivity contribution in [2.24, 2.45) is 0 Å². The molecule has 2 aromatic carbocycles. The maximum atomic E-state index is 2.21. The second kappa shape index (κ2) is 6.77. The first-order valence-corrected chi connectivity index (χ1v) is 6.13. The monoisotopic (exact) mass is 240 g/mol. The molecule has 2 N–H and O–H groups in total. The normalized spacial score (nSPS) is 10.3. The highest BCUT2D eigenvalue weighted by molar-refractivity contribution is 5.72. The minimum atomic E-state index is 0. The maximum Gasteiger partial charge on any atom is -0.0224 e. The molecule has 0 heterocycles. The molecule has 0 aliphatic carbocycles. The summed E-state index contributed by atoms with van der Waals surface area (Å²) in [5, 5.41) is 0. The van der Waals surface area contributed by atoms with Crippen LogP contribution < -0.4 is 0 Å². The van der Waals surface area contributed by atoms with Crippen LogP contribution in [0.1, 0.15) is 29.2 Å². The van der Waals surface area contributed by atoms with Gasteiger partial charge >= 0.3 is 0 Å². The molecule has 0 bridgehead atoms. The molecule has 2 aromatic rings. The molecule has 0 aliphatic heterocycles. The summed E-state index contributed by atoms with van der Waals surface area (Å²) in [5.41, 5.74) is 5.33. The lowest BCUT2D eigenvalue weighted by atomic mass is 10.0. The molecule has 18 heavy (non-hydrogen) atoms. The van der Waals surface area contributed by atoms with Gasteiger partial charge in [-0.15, -0.1) is 0 Å². The highest BCUT2D eigenvalue weighted by atomic mass is 16.0. The van der Waals surface area contributed by atoms with Crippen molar-refractivity contribution < 1.29 is 5.48 Å². The number of benzene rings is 2. The molecule has 0 unspecified atom stereocenters. The van der Waals surface area contributed by atoms with Crippen LogP contribution in [0.15, 0.2) is 48.5 Å². The molecule has 94 valence electrons. The van der Waals surface area contributed by atoms with E-state index in [2.05, 4.69) is 74.5 Å². The average molecular weight is 240 g/mol. The summed E-state index contributed by atoms with van der Waals surface area (Å²) < 4.78 is 0. The van der Waals surface area contributed by atoms with Crippen LogP contribution in [-0.2, 0) is 6.42 Å². The van der Waals surface area contributed by atoms with Gasteiger partial charge in [0.05, 0.1) is 0 Å². The first-order chi connectivity index (χ1) is 8.31. The van der Waals surface area contributed by atoms with Crippen molar-refractivity contribution in [1.29, 1.82) is 0 Å². The van der Waals surface area contributed by atoms with E-state index in [0.29, 0.717) is 0 Å². The van der Waals surface area contributed by atoms with Crippen LogP contribution in [0.3, 0.4) is 0 Å². The highest BCUT2D eigenvalue weighted by Crippen LogP contribution is 2.15. The predicted octanol–water partition coefficient (Wildman–Crippen LogP) is 3.90. The third kappa shape index (κ3) is 3.31. The number of hydrogen-bond acceptors (Lipinski definition) is 0. The van der Waals surface area contributed by atoms with Crippen molar-refractivity contribution in [1.82, 2.24) is 0 Å². The van der Waals surface area contributed by atoms with Gasteiger partial charge < -0.3 is 5.48 Å². The molecule has 0 saturated heterocycles. The van der Waals surface area contributed by atoms with Gasteiger partial charge in [-0.2, -0.15) is 0 Å². The van der Waals surface area contributed by atoms with Gasteiger partial charge in [0.1, 0.15) is 0 Å². The topological polar surface area (TPSA) is 31.5 Å². The van der Waals surface area contributed by atoms with Crippen LogP contribution in [-0.4, -0.2) is 5.48 Å². The molecule has 1 nitrogen and oxygen atoms in total. The van der Waals surface area contributed by atoms with Gasteiger partial charge in [0.15, 0.2) is 0 Å². The fraction of sp³-hybridized carbons (Fsp3) is 0.176. The Morgan fingerprint density at radius 1 is 0.833 bits per heavy atom. The zero-order valence-corrected chi connectivity index (χ0v) is 11.0. The van der Waals surface area contributed by atoms with Crippen molar-refractivity contribution in [2.75, 3.05) is 0 Å². The van der Waals surface area contributed by atoms with Gasteiger partial charge in [-0.1, -0.05) is 67.6 Å². The zero-order chi connectivity index (χ0) is 12.1. The Bertz CT molecular complexity index is 527. The third-order valence-electron chi connectivity index (χ3n) is 3.07. The Labute approximate surface area is 109 Å². The Morgan fingerprint density at radius 3 is 2.06 bits per heavy atom. The van der Waals surface area contributed by atoms with E-state index in [1.54, 1.807) is 0 Å². The van der Waals surface area contributed by atoms with Crippen molar-refractivity contribution in [3.05, 3.63) is 70.8 Å². The molecule has 0 radical (unpaired) electrons. The van der Waals surface area contributed by atoms with Gasteiger partial charge in [-0.05, 0) is 35.6 Å². The average Bonchev–Trinajstić information content (AvgIpc) is 2.38. The molecule has 0 saturated carbocycles. The largest absolute Gasteiger partial charge is 0.412 e. The molecule has 0 aliphatic rings. The fourth-order valence-corrected chi connectivity index (χ4v) is 1.97. The summed E-state index contributed by atoms with van der Waals surface area (Å²) in [5.74, 6) is 0. The first kappa shape index (κ1) is 14.2. The molecule has 1 heteroatoms. The zero-order valence-electron chi connectivity index (χ0n) is 11.0. The second-order valence-electron chi connectivity index (χ2n) is 4.24. The standard InChI is InChI=1S/C17H18.H2O/c1-3-15-9-6-7-11-17(15)13-12-16-10-5-4-8-14(16)2;/h4-13H,3H2,1-2H3;1H2/b13-12-;. The molecule has 0 fully saturated rings. The van der Waals surface area contributed by atoms with Crippen LogP contribution in [0, 0.1) is 6.92 Å². The SMILES string of the molecule is CCc1ccccc1/C=C\c1ccccc1C.O. The van der Waals surface area contributed by atoms with Gasteiger partial charge in [-0.25, -0.2) is 0 Å². The van der Waals surface area contributed by atoms with Crippen LogP contribution in [0.5, 0.6) is 0 Å². The summed E-state index contributed by atoms with van der Waals surface area (Å²) in [6.45, 7) is 4.34. The lowest BCUT2D eigenvalue weighted by molar-refractivity contribution is 0.824. The van der Waals surface area contributed by atoms with E-state index in [0.717, 1.165) is 6.42 Å². The van der Waals surface area contributed by atoms with Crippen LogP contribution in [0.2, 0.25) is 0 Å². The molecule has 0 amide bonds. The van der Waals surface area contributed by atoms with E-state index >= 15 is 0 Å². The lowest BCUT2D eigenvalue weighted by Gasteiger charge is -2.03. The Morgan fingerprint density at radius 2 is 1.39 bits per heavy atom. The van der Waals surface area contributed by atoms with Gasteiger partial charge in [0.25, 0.3) is 0 Å². The van der Waals surface area contributed by atoms with Crippen molar-refractivity contribution >= 4 is 12.2 Å². The maximum absolute atomic E-state index is 2.21. The van der Waals surface area contributed by atoms with E-state index in [1.165, 1.54) is 22.3 Å². The van der Waals surface area contributed by atoms with Gasteiger partial charge in [0, 0.05) is 0 Å². The fourth-order valence-electron chi connectivity index (χ4n) is 1.97. The molecule has 2 rings (SSSR count). The van der Waals surface area contributed by atoms with E-state index < -0.39 is 0 Å². The number of aryl methyl sites for hydroxylation is 2. The molecule has 0 atom stereocenters. The van der Waals surface area contributed by atoms with Crippen molar-refractivity contribution in [3.63, 3.8) is 0 Å². The number of rotatable bonds is 3. The Balaban J connectivity index is 0.00000162. The van der Waals surface area contributed by atoms with E-state index in [1.807, 2.05) is 0 Å². The van der Waals surface area contributed by atoms with E-state index in [9.17, 15) is 0 Å². The molecular formula is C17H20O. The third-order valence-corrected chi connectivity index (χ3v) is 3.07. The minimum absolute atomic E-state index is 0. The molecule has 0 spiro atoms. The van der Waals surface area contributed by atoms with Crippen LogP contribution >= 0.6 is 0 Å². The molecule has 0 aromatic heterocycles. The Hall–Kier alpha value is -1.86. The summed E-state index contributed by atoms with van der Waals surface area (Å²) in [6, 6.07) is 17.0.